The van der Waals surface area contributed by atoms with Gasteiger partial charge < -0.3 is 20.2 Å². The van der Waals surface area contributed by atoms with Gasteiger partial charge in [0, 0.05) is 19.6 Å². The maximum atomic E-state index is 12.5. The van der Waals surface area contributed by atoms with Crippen LogP contribution in [0.3, 0.4) is 0 Å². The monoisotopic (exact) mass is 299 g/mol. The SMILES string of the molecule is CC(C)CN(CCN(C)C)C(=O)NC1(C(=O)O)CCCC1. The molecule has 1 saturated carbocycles. The van der Waals surface area contributed by atoms with Crippen LogP contribution in [0.25, 0.3) is 0 Å². The number of nitrogens with zero attached hydrogens (tertiary/aromatic N) is 2. The fourth-order valence-electron chi connectivity index (χ4n) is 2.69. The highest BCUT2D eigenvalue weighted by atomic mass is 16.4. The highest BCUT2D eigenvalue weighted by Gasteiger charge is 2.43. The first-order chi connectivity index (χ1) is 9.77. The zero-order chi connectivity index (χ0) is 16.0. The minimum Gasteiger partial charge on any atom is -0.480 e. The van der Waals surface area contributed by atoms with Crippen molar-refractivity contribution in [3.8, 4) is 0 Å². The number of carboxylic acid groups (broad SMARTS) is 1. The average Bonchev–Trinajstić information content (AvgIpc) is 2.83. The molecule has 0 spiro atoms. The Labute approximate surface area is 127 Å². The third kappa shape index (κ3) is 5.19. The van der Waals surface area contributed by atoms with Gasteiger partial charge in [-0.1, -0.05) is 26.7 Å². The van der Waals surface area contributed by atoms with Crippen molar-refractivity contribution in [2.24, 2.45) is 5.92 Å². The summed E-state index contributed by atoms with van der Waals surface area (Å²) in [6.45, 7) is 6.11. The summed E-state index contributed by atoms with van der Waals surface area (Å²) in [6, 6.07) is -0.255. The van der Waals surface area contributed by atoms with Gasteiger partial charge in [0.15, 0.2) is 0 Å². The second kappa shape index (κ2) is 7.64. The van der Waals surface area contributed by atoms with E-state index in [-0.39, 0.29) is 6.03 Å². The van der Waals surface area contributed by atoms with Crippen molar-refractivity contribution in [1.82, 2.24) is 15.1 Å². The van der Waals surface area contributed by atoms with Crippen molar-refractivity contribution in [2.45, 2.75) is 45.1 Å². The Kier molecular flexibility index (Phi) is 6.45. The van der Waals surface area contributed by atoms with Gasteiger partial charge in [-0.25, -0.2) is 9.59 Å². The molecule has 0 atom stereocenters. The molecule has 0 aliphatic heterocycles. The summed E-state index contributed by atoms with van der Waals surface area (Å²) in [6.07, 6.45) is 2.76. The van der Waals surface area contributed by atoms with Crippen LogP contribution in [-0.2, 0) is 4.79 Å². The van der Waals surface area contributed by atoms with Gasteiger partial charge in [0.2, 0.25) is 0 Å². The summed E-state index contributed by atoms with van der Waals surface area (Å²) >= 11 is 0. The van der Waals surface area contributed by atoms with E-state index in [1.165, 1.54) is 0 Å². The molecule has 0 heterocycles. The van der Waals surface area contributed by atoms with Gasteiger partial charge in [-0.3, -0.25) is 0 Å². The summed E-state index contributed by atoms with van der Waals surface area (Å²) in [5.41, 5.74) is -1.07. The van der Waals surface area contributed by atoms with Gasteiger partial charge in [-0.15, -0.1) is 0 Å². The minimum absolute atomic E-state index is 0.255. The van der Waals surface area contributed by atoms with Gasteiger partial charge in [-0.05, 0) is 32.9 Å². The summed E-state index contributed by atoms with van der Waals surface area (Å²) in [7, 11) is 3.92. The first-order valence-electron chi connectivity index (χ1n) is 7.72. The molecule has 6 nitrogen and oxygen atoms in total. The summed E-state index contributed by atoms with van der Waals surface area (Å²) < 4.78 is 0. The molecule has 2 amide bonds. The first-order valence-corrected chi connectivity index (χ1v) is 7.72. The predicted octanol–water partition coefficient (Wildman–Crippen LogP) is 1.61. The number of hydrogen-bond acceptors (Lipinski definition) is 3. The van der Waals surface area contributed by atoms with Crippen LogP contribution in [0, 0.1) is 5.92 Å². The van der Waals surface area contributed by atoms with E-state index in [2.05, 4.69) is 19.2 Å². The Morgan fingerprint density at radius 3 is 2.19 bits per heavy atom. The summed E-state index contributed by atoms with van der Waals surface area (Å²) in [5, 5.41) is 12.2. The van der Waals surface area contributed by atoms with Crippen LogP contribution in [0.2, 0.25) is 0 Å². The fraction of sp³-hybridized carbons (Fsp3) is 0.867. The minimum atomic E-state index is -1.07. The number of aliphatic carboxylic acids is 1. The lowest BCUT2D eigenvalue weighted by Gasteiger charge is -2.32. The van der Waals surface area contributed by atoms with Crippen LogP contribution in [0.4, 0.5) is 4.79 Å². The van der Waals surface area contributed by atoms with E-state index in [9.17, 15) is 14.7 Å². The number of hydrogen-bond donors (Lipinski definition) is 2. The lowest BCUT2D eigenvalue weighted by atomic mass is 9.98. The molecule has 0 saturated heterocycles. The Hall–Kier alpha value is -1.30. The van der Waals surface area contributed by atoms with E-state index in [1.807, 2.05) is 19.0 Å². The Bertz CT molecular complexity index is 363. The fourth-order valence-corrected chi connectivity index (χ4v) is 2.69. The van der Waals surface area contributed by atoms with Crippen LogP contribution < -0.4 is 5.32 Å². The van der Waals surface area contributed by atoms with Crippen molar-refractivity contribution < 1.29 is 14.7 Å². The lowest BCUT2D eigenvalue weighted by Crippen LogP contribution is -2.57. The zero-order valence-corrected chi connectivity index (χ0v) is 13.7. The number of rotatable bonds is 7. The summed E-state index contributed by atoms with van der Waals surface area (Å²) in [5.74, 6) is -0.562. The van der Waals surface area contributed by atoms with Crippen molar-refractivity contribution in [3.05, 3.63) is 0 Å². The van der Waals surface area contributed by atoms with Gasteiger partial charge in [-0.2, -0.15) is 0 Å². The van der Waals surface area contributed by atoms with E-state index in [1.54, 1.807) is 4.90 Å². The standard InChI is InChI=1S/C15H29N3O3/c1-12(2)11-18(10-9-17(3)4)14(21)16-15(13(19)20)7-5-6-8-15/h12H,5-11H2,1-4H3,(H,16,21)(H,19,20). The third-order valence-corrected chi connectivity index (χ3v) is 3.90. The molecule has 1 rings (SSSR count). The molecular weight excluding hydrogens is 270 g/mol. The average molecular weight is 299 g/mol. The molecule has 0 aromatic rings. The molecular formula is C15H29N3O3. The Morgan fingerprint density at radius 1 is 1.19 bits per heavy atom. The normalized spacial score (nSPS) is 17.2. The van der Waals surface area contributed by atoms with Crippen molar-refractivity contribution in [3.63, 3.8) is 0 Å². The van der Waals surface area contributed by atoms with Crippen LogP contribution in [-0.4, -0.2) is 66.2 Å². The molecule has 0 bridgehead atoms. The molecule has 0 aromatic carbocycles. The Balaban J connectivity index is 2.72. The molecule has 6 heteroatoms. The number of carbonyl (C=O) groups is 2. The van der Waals surface area contributed by atoms with Crippen molar-refractivity contribution >= 4 is 12.0 Å². The first kappa shape index (κ1) is 17.8. The maximum absolute atomic E-state index is 12.5. The second-order valence-corrected chi connectivity index (χ2v) is 6.67. The molecule has 1 fully saturated rings. The highest BCUT2D eigenvalue weighted by molar-refractivity contribution is 5.86. The third-order valence-electron chi connectivity index (χ3n) is 3.90. The number of likely N-dealkylation sites (N-methyl/N-ethyl adjacent to an activating group) is 1. The van der Waals surface area contributed by atoms with Gasteiger partial charge in [0.25, 0.3) is 0 Å². The molecule has 0 unspecified atom stereocenters. The van der Waals surface area contributed by atoms with Gasteiger partial charge in [0.05, 0.1) is 0 Å². The number of carboxylic acids is 1. The topological polar surface area (TPSA) is 72.9 Å². The van der Waals surface area contributed by atoms with Crippen LogP contribution in [0.1, 0.15) is 39.5 Å². The molecule has 21 heavy (non-hydrogen) atoms. The van der Waals surface area contributed by atoms with Crippen LogP contribution in [0.15, 0.2) is 0 Å². The van der Waals surface area contributed by atoms with Gasteiger partial charge in [0.1, 0.15) is 5.54 Å². The molecule has 1 aliphatic rings. The van der Waals surface area contributed by atoms with Crippen LogP contribution in [0.5, 0.6) is 0 Å². The van der Waals surface area contributed by atoms with Crippen molar-refractivity contribution in [2.75, 3.05) is 33.7 Å². The second-order valence-electron chi connectivity index (χ2n) is 6.67. The van der Waals surface area contributed by atoms with E-state index in [0.29, 0.717) is 31.8 Å². The predicted molar refractivity (Wildman–Crippen MR) is 82.3 cm³/mol. The maximum Gasteiger partial charge on any atom is 0.329 e. The Morgan fingerprint density at radius 2 is 1.76 bits per heavy atom. The van der Waals surface area contributed by atoms with E-state index < -0.39 is 11.5 Å². The van der Waals surface area contributed by atoms with E-state index >= 15 is 0 Å². The number of nitrogens with one attached hydrogen (secondary N) is 1. The lowest BCUT2D eigenvalue weighted by molar-refractivity contribution is -0.144. The largest absolute Gasteiger partial charge is 0.480 e. The number of urea groups is 1. The van der Waals surface area contributed by atoms with Crippen LogP contribution >= 0.6 is 0 Å². The quantitative estimate of drug-likeness (QED) is 0.749. The highest BCUT2D eigenvalue weighted by Crippen LogP contribution is 2.30. The van der Waals surface area contributed by atoms with Crippen molar-refractivity contribution in [1.29, 1.82) is 0 Å². The molecule has 2 N–H and O–H groups in total. The smallest absolute Gasteiger partial charge is 0.329 e. The number of carbonyl (C=O) groups excluding carboxylic acids is 1. The number of amides is 2. The molecule has 0 radical (unpaired) electrons. The van der Waals surface area contributed by atoms with E-state index in [0.717, 1.165) is 19.4 Å². The molecule has 0 aromatic heterocycles. The zero-order valence-electron chi connectivity index (χ0n) is 13.7. The van der Waals surface area contributed by atoms with Gasteiger partial charge >= 0.3 is 12.0 Å². The van der Waals surface area contributed by atoms with E-state index in [4.69, 9.17) is 0 Å². The summed E-state index contributed by atoms with van der Waals surface area (Å²) in [4.78, 5) is 27.8. The molecule has 122 valence electrons. The molecule has 1 aliphatic carbocycles.